The molecular formula is C19H18O7. The highest BCUT2D eigenvalue weighted by atomic mass is 16.7. The first-order chi connectivity index (χ1) is 12.6. The molecule has 0 saturated carbocycles. The van der Waals surface area contributed by atoms with Gasteiger partial charge in [0.1, 0.15) is 11.5 Å². The van der Waals surface area contributed by atoms with Crippen LogP contribution in [0.3, 0.4) is 0 Å². The molecule has 0 fully saturated rings. The van der Waals surface area contributed by atoms with Crippen LogP contribution in [-0.4, -0.2) is 39.0 Å². The van der Waals surface area contributed by atoms with Crippen LogP contribution in [0.5, 0.6) is 34.5 Å². The summed E-state index contributed by atoms with van der Waals surface area (Å²) in [7, 11) is 4.49. The first kappa shape index (κ1) is 17.5. The highest BCUT2D eigenvalue weighted by Gasteiger charge is 2.26. The summed E-state index contributed by atoms with van der Waals surface area (Å²) in [6.07, 6.45) is 2.90. The summed E-state index contributed by atoms with van der Waals surface area (Å²) in [5.74, 6) is 1.72. The van der Waals surface area contributed by atoms with Crippen molar-refractivity contribution in [3.63, 3.8) is 0 Å². The van der Waals surface area contributed by atoms with Gasteiger partial charge in [0.15, 0.2) is 17.3 Å². The molecule has 2 aromatic rings. The number of phenolic OH excluding ortho intramolecular Hbond substituents is 1. The van der Waals surface area contributed by atoms with Crippen LogP contribution in [0.1, 0.15) is 15.9 Å². The second-order valence-corrected chi connectivity index (χ2v) is 5.35. The minimum Gasteiger partial charge on any atom is -0.507 e. The molecule has 1 aliphatic heterocycles. The van der Waals surface area contributed by atoms with E-state index >= 15 is 0 Å². The number of hydrogen-bond donors (Lipinski definition) is 1. The number of carbonyl (C=O) groups excluding carboxylic acids is 1. The van der Waals surface area contributed by atoms with Crippen molar-refractivity contribution < 1.29 is 33.6 Å². The average molecular weight is 358 g/mol. The zero-order valence-electron chi connectivity index (χ0n) is 14.6. The maximum absolute atomic E-state index is 12.4. The molecular weight excluding hydrogens is 340 g/mol. The molecule has 0 amide bonds. The van der Waals surface area contributed by atoms with E-state index in [0.29, 0.717) is 34.3 Å². The Kier molecular flexibility index (Phi) is 4.88. The molecule has 0 saturated heterocycles. The molecule has 1 aliphatic rings. The normalized spacial score (nSPS) is 12.3. The van der Waals surface area contributed by atoms with Crippen molar-refractivity contribution in [1.29, 1.82) is 0 Å². The van der Waals surface area contributed by atoms with E-state index in [4.69, 9.17) is 23.7 Å². The summed E-state index contributed by atoms with van der Waals surface area (Å²) in [4.78, 5) is 12.4. The van der Waals surface area contributed by atoms with Gasteiger partial charge in [0.2, 0.25) is 18.3 Å². The lowest BCUT2D eigenvalue weighted by molar-refractivity contribution is 0.104. The highest BCUT2D eigenvalue weighted by molar-refractivity contribution is 6.08. The van der Waals surface area contributed by atoms with E-state index in [0.717, 1.165) is 0 Å². The van der Waals surface area contributed by atoms with E-state index in [-0.39, 0.29) is 23.9 Å². The standard InChI is InChI=1S/C19H18O7/c1-22-12-5-6-13(15(21)9-12)14(20)7-4-11-8-16(23-2)18-19(17(11)24-3)26-10-25-18/h4-9,21H,10H2,1-3H3. The van der Waals surface area contributed by atoms with Crippen molar-refractivity contribution in [2.45, 2.75) is 0 Å². The molecule has 3 rings (SSSR count). The lowest BCUT2D eigenvalue weighted by Gasteiger charge is -2.11. The van der Waals surface area contributed by atoms with E-state index in [1.165, 1.54) is 39.5 Å². The molecule has 1 heterocycles. The Balaban J connectivity index is 1.94. The average Bonchev–Trinajstić information content (AvgIpc) is 3.14. The van der Waals surface area contributed by atoms with Gasteiger partial charge in [-0.2, -0.15) is 0 Å². The molecule has 1 N–H and O–H groups in total. The number of carbonyl (C=O) groups is 1. The third-order valence-electron chi connectivity index (χ3n) is 3.90. The van der Waals surface area contributed by atoms with Crippen LogP contribution in [0.25, 0.3) is 6.08 Å². The largest absolute Gasteiger partial charge is 0.507 e. The van der Waals surface area contributed by atoms with Crippen LogP contribution in [0.15, 0.2) is 30.3 Å². The third-order valence-corrected chi connectivity index (χ3v) is 3.90. The Bertz CT molecular complexity index is 871. The maximum Gasteiger partial charge on any atom is 0.231 e. The number of phenols is 1. The van der Waals surface area contributed by atoms with Gasteiger partial charge < -0.3 is 28.8 Å². The fourth-order valence-electron chi connectivity index (χ4n) is 2.62. The first-order valence-corrected chi connectivity index (χ1v) is 7.73. The third kappa shape index (κ3) is 3.11. The number of fused-ring (bicyclic) bond motifs is 1. The molecule has 0 bridgehead atoms. The molecule has 0 spiro atoms. The zero-order valence-corrected chi connectivity index (χ0v) is 14.6. The van der Waals surface area contributed by atoms with Gasteiger partial charge in [0.25, 0.3) is 0 Å². The van der Waals surface area contributed by atoms with E-state index in [1.54, 1.807) is 18.2 Å². The summed E-state index contributed by atoms with van der Waals surface area (Å²) in [5, 5.41) is 9.98. The lowest BCUT2D eigenvalue weighted by atomic mass is 10.1. The van der Waals surface area contributed by atoms with E-state index in [9.17, 15) is 9.90 Å². The lowest BCUT2D eigenvalue weighted by Crippen LogP contribution is -1.97. The fourth-order valence-corrected chi connectivity index (χ4v) is 2.62. The van der Waals surface area contributed by atoms with Crippen molar-refractivity contribution >= 4 is 11.9 Å². The van der Waals surface area contributed by atoms with Crippen LogP contribution in [0.4, 0.5) is 0 Å². The van der Waals surface area contributed by atoms with Gasteiger partial charge in [0.05, 0.1) is 26.9 Å². The first-order valence-electron chi connectivity index (χ1n) is 7.73. The van der Waals surface area contributed by atoms with Gasteiger partial charge in [-0.05, 0) is 30.4 Å². The van der Waals surface area contributed by atoms with Gasteiger partial charge in [-0.3, -0.25) is 4.79 Å². The van der Waals surface area contributed by atoms with Gasteiger partial charge in [-0.15, -0.1) is 0 Å². The fraction of sp³-hybridized carbons (Fsp3) is 0.211. The number of ether oxygens (including phenoxy) is 5. The molecule has 7 nitrogen and oxygen atoms in total. The van der Waals surface area contributed by atoms with Crippen LogP contribution < -0.4 is 23.7 Å². The van der Waals surface area contributed by atoms with Crippen LogP contribution in [0, 0.1) is 0 Å². The number of hydrogen-bond acceptors (Lipinski definition) is 7. The molecule has 0 aliphatic carbocycles. The number of allylic oxidation sites excluding steroid dienone is 1. The van der Waals surface area contributed by atoms with Crippen molar-refractivity contribution in [3.05, 3.63) is 41.5 Å². The van der Waals surface area contributed by atoms with E-state index in [1.807, 2.05) is 0 Å². The molecule has 26 heavy (non-hydrogen) atoms. The van der Waals surface area contributed by atoms with Crippen LogP contribution in [-0.2, 0) is 0 Å². The molecule has 0 unspecified atom stereocenters. The van der Waals surface area contributed by atoms with Gasteiger partial charge in [0, 0.05) is 11.6 Å². The van der Waals surface area contributed by atoms with Crippen LogP contribution in [0.2, 0.25) is 0 Å². The van der Waals surface area contributed by atoms with E-state index < -0.39 is 0 Å². The Morgan fingerprint density at radius 1 is 1.08 bits per heavy atom. The number of aromatic hydroxyl groups is 1. The SMILES string of the molecule is COc1ccc(C(=O)C=Cc2cc(OC)c3c(c2OC)OCO3)c(O)c1. The highest BCUT2D eigenvalue weighted by Crippen LogP contribution is 2.49. The van der Waals surface area contributed by atoms with Crippen molar-refractivity contribution in [3.8, 4) is 34.5 Å². The molecule has 2 aromatic carbocycles. The Hall–Kier alpha value is -3.35. The minimum absolute atomic E-state index is 0.0634. The topological polar surface area (TPSA) is 83.5 Å². The molecule has 136 valence electrons. The maximum atomic E-state index is 12.4. The van der Waals surface area contributed by atoms with E-state index in [2.05, 4.69) is 0 Å². The predicted molar refractivity (Wildman–Crippen MR) is 93.7 cm³/mol. The Morgan fingerprint density at radius 2 is 1.85 bits per heavy atom. The molecule has 7 heteroatoms. The zero-order chi connectivity index (χ0) is 18.7. The summed E-state index contributed by atoms with van der Waals surface area (Å²) in [6.45, 7) is 0.0634. The number of rotatable bonds is 6. The van der Waals surface area contributed by atoms with Crippen molar-refractivity contribution in [2.24, 2.45) is 0 Å². The van der Waals surface area contributed by atoms with Gasteiger partial charge >= 0.3 is 0 Å². The van der Waals surface area contributed by atoms with Crippen LogP contribution >= 0.6 is 0 Å². The Morgan fingerprint density at radius 3 is 2.50 bits per heavy atom. The second-order valence-electron chi connectivity index (χ2n) is 5.35. The monoisotopic (exact) mass is 358 g/mol. The van der Waals surface area contributed by atoms with Crippen molar-refractivity contribution in [2.75, 3.05) is 28.1 Å². The van der Waals surface area contributed by atoms with Gasteiger partial charge in [-0.25, -0.2) is 0 Å². The number of ketones is 1. The summed E-state index contributed by atoms with van der Waals surface area (Å²) in [5.41, 5.74) is 0.740. The quantitative estimate of drug-likeness (QED) is 0.628. The second kappa shape index (κ2) is 7.26. The van der Waals surface area contributed by atoms with Crippen molar-refractivity contribution in [1.82, 2.24) is 0 Å². The Labute approximate surface area is 150 Å². The molecule has 0 radical (unpaired) electrons. The molecule has 0 atom stereocenters. The summed E-state index contributed by atoms with van der Waals surface area (Å²) < 4.78 is 26.5. The molecule has 0 aromatic heterocycles. The summed E-state index contributed by atoms with van der Waals surface area (Å²) >= 11 is 0. The predicted octanol–water partition coefficient (Wildman–Crippen LogP) is 3.04. The van der Waals surface area contributed by atoms with Gasteiger partial charge in [-0.1, -0.05) is 0 Å². The number of methoxy groups -OCH3 is 3. The number of benzene rings is 2. The summed E-state index contributed by atoms with van der Waals surface area (Å²) in [6, 6.07) is 6.17. The minimum atomic E-state index is -0.371. The smallest absolute Gasteiger partial charge is 0.231 e.